The number of aromatic nitrogens is 1. The summed E-state index contributed by atoms with van der Waals surface area (Å²) in [6, 6.07) is 8.78. The zero-order valence-corrected chi connectivity index (χ0v) is 16.3. The van der Waals surface area contributed by atoms with E-state index in [1.54, 1.807) is 35.4 Å². The van der Waals surface area contributed by atoms with Gasteiger partial charge in [0.05, 0.1) is 11.9 Å². The van der Waals surface area contributed by atoms with Gasteiger partial charge in [-0.25, -0.2) is 13.4 Å². The standard InChI is InChI=1S/C17H18BrN3O3S/c1-3-20(16-7-5-14(18)11-19-16)17(22)13-4-6-15-12(10-13)8-9-21(15)25(2,23)24/h4-7,10-11H,3,8-9H2,1-2H3. The first kappa shape index (κ1) is 17.9. The predicted molar refractivity (Wildman–Crippen MR) is 102 cm³/mol. The molecule has 1 aromatic carbocycles. The third kappa shape index (κ3) is 3.55. The first-order valence-corrected chi connectivity index (χ1v) is 10.5. The third-order valence-corrected chi connectivity index (χ3v) is 5.78. The highest BCUT2D eigenvalue weighted by Crippen LogP contribution is 2.31. The molecule has 3 rings (SSSR count). The molecule has 6 nitrogen and oxygen atoms in total. The first-order chi connectivity index (χ1) is 11.8. The average Bonchev–Trinajstić information content (AvgIpc) is 3.00. The minimum atomic E-state index is -3.29. The number of sulfonamides is 1. The Hall–Kier alpha value is -1.93. The van der Waals surface area contributed by atoms with Crippen molar-refractivity contribution in [2.75, 3.05) is 28.6 Å². The molecule has 0 bridgehead atoms. The molecule has 1 aliphatic heterocycles. The van der Waals surface area contributed by atoms with Crippen LogP contribution in [-0.4, -0.2) is 38.7 Å². The first-order valence-electron chi connectivity index (χ1n) is 7.85. The summed E-state index contributed by atoms with van der Waals surface area (Å²) in [7, 11) is -3.29. The Bertz CT molecular complexity index is 913. The summed E-state index contributed by atoms with van der Waals surface area (Å²) >= 11 is 3.33. The molecule has 0 spiro atoms. The van der Waals surface area contributed by atoms with E-state index in [0.29, 0.717) is 36.6 Å². The molecule has 1 aliphatic rings. The maximum atomic E-state index is 12.9. The molecule has 2 aromatic rings. The van der Waals surface area contributed by atoms with Crippen LogP contribution < -0.4 is 9.21 Å². The molecule has 0 aliphatic carbocycles. The maximum absolute atomic E-state index is 12.9. The smallest absolute Gasteiger partial charge is 0.259 e. The number of hydrogen-bond acceptors (Lipinski definition) is 4. The molecule has 0 fully saturated rings. The predicted octanol–water partition coefficient (Wildman–Crippen LogP) is 2.83. The number of pyridine rings is 1. The van der Waals surface area contributed by atoms with Crippen molar-refractivity contribution in [2.24, 2.45) is 0 Å². The van der Waals surface area contributed by atoms with Gasteiger partial charge >= 0.3 is 0 Å². The summed E-state index contributed by atoms with van der Waals surface area (Å²) in [5.74, 6) is 0.423. The van der Waals surface area contributed by atoms with Gasteiger partial charge in [-0.3, -0.25) is 14.0 Å². The van der Waals surface area contributed by atoms with Crippen LogP contribution in [0.2, 0.25) is 0 Å². The van der Waals surface area contributed by atoms with Gasteiger partial charge < -0.3 is 0 Å². The highest BCUT2D eigenvalue weighted by molar-refractivity contribution is 9.10. The summed E-state index contributed by atoms with van der Waals surface area (Å²) in [4.78, 5) is 18.8. The van der Waals surface area contributed by atoms with Crippen LogP contribution in [0.3, 0.4) is 0 Å². The zero-order chi connectivity index (χ0) is 18.2. The van der Waals surface area contributed by atoms with Crippen molar-refractivity contribution in [1.29, 1.82) is 0 Å². The molecule has 0 atom stereocenters. The summed E-state index contributed by atoms with van der Waals surface area (Å²) in [5, 5.41) is 0. The minimum absolute atomic E-state index is 0.155. The van der Waals surface area contributed by atoms with Crippen LogP contribution in [-0.2, 0) is 16.4 Å². The van der Waals surface area contributed by atoms with Gasteiger partial charge in [0.15, 0.2) is 0 Å². The molecular weight excluding hydrogens is 406 g/mol. The fourth-order valence-corrected chi connectivity index (χ4v) is 4.14. The number of anilines is 2. The van der Waals surface area contributed by atoms with Crippen molar-refractivity contribution < 1.29 is 13.2 Å². The van der Waals surface area contributed by atoms with Gasteiger partial charge in [0.2, 0.25) is 10.0 Å². The number of halogens is 1. The quantitative estimate of drug-likeness (QED) is 0.757. The van der Waals surface area contributed by atoms with Gasteiger partial charge in [0.25, 0.3) is 5.91 Å². The summed E-state index contributed by atoms with van der Waals surface area (Å²) in [5.41, 5.74) is 2.06. The number of carbonyl (C=O) groups excluding carboxylic acids is 1. The van der Waals surface area contributed by atoms with E-state index in [9.17, 15) is 13.2 Å². The average molecular weight is 424 g/mol. The molecule has 0 N–H and O–H groups in total. The fourth-order valence-electron chi connectivity index (χ4n) is 2.94. The van der Waals surface area contributed by atoms with Crippen LogP contribution in [0.4, 0.5) is 11.5 Å². The van der Waals surface area contributed by atoms with Gasteiger partial charge in [-0.2, -0.15) is 0 Å². The van der Waals surface area contributed by atoms with E-state index in [0.717, 1.165) is 10.0 Å². The Balaban J connectivity index is 1.92. The molecule has 1 aromatic heterocycles. The van der Waals surface area contributed by atoms with Crippen LogP contribution in [0.1, 0.15) is 22.8 Å². The van der Waals surface area contributed by atoms with Crippen molar-refractivity contribution in [1.82, 2.24) is 4.98 Å². The largest absolute Gasteiger partial charge is 0.293 e. The normalized spacial score (nSPS) is 13.6. The summed E-state index contributed by atoms with van der Waals surface area (Å²) in [6.45, 7) is 2.79. The number of carbonyl (C=O) groups is 1. The van der Waals surface area contributed by atoms with E-state index in [1.165, 1.54) is 10.6 Å². The third-order valence-electron chi connectivity index (χ3n) is 4.13. The molecule has 1 amide bonds. The molecule has 0 unspecified atom stereocenters. The van der Waals surface area contributed by atoms with E-state index in [4.69, 9.17) is 0 Å². The molecule has 8 heteroatoms. The highest BCUT2D eigenvalue weighted by atomic mass is 79.9. The van der Waals surface area contributed by atoms with Crippen molar-refractivity contribution >= 4 is 43.4 Å². The second-order valence-electron chi connectivity index (χ2n) is 5.81. The number of benzene rings is 1. The Morgan fingerprint density at radius 3 is 2.68 bits per heavy atom. The number of hydrogen-bond donors (Lipinski definition) is 0. The van der Waals surface area contributed by atoms with Crippen LogP contribution in [0.15, 0.2) is 41.0 Å². The number of nitrogens with zero attached hydrogens (tertiary/aromatic N) is 3. The van der Waals surface area contributed by atoms with Gasteiger partial charge in [-0.15, -0.1) is 0 Å². The van der Waals surface area contributed by atoms with Gasteiger partial charge in [0.1, 0.15) is 5.82 Å². The lowest BCUT2D eigenvalue weighted by Gasteiger charge is -2.21. The van der Waals surface area contributed by atoms with E-state index >= 15 is 0 Å². The lowest BCUT2D eigenvalue weighted by atomic mass is 10.1. The molecule has 0 radical (unpaired) electrons. The fraction of sp³-hybridized carbons (Fsp3) is 0.294. The van der Waals surface area contributed by atoms with Crippen LogP contribution in [0.5, 0.6) is 0 Å². The van der Waals surface area contributed by atoms with Gasteiger partial charge in [-0.1, -0.05) is 0 Å². The SMILES string of the molecule is CCN(C(=O)c1ccc2c(c1)CCN2S(C)(=O)=O)c1ccc(Br)cn1. The Kier molecular flexibility index (Phi) is 4.83. The molecule has 2 heterocycles. The Labute approximate surface area is 155 Å². The Morgan fingerprint density at radius 1 is 1.32 bits per heavy atom. The van der Waals surface area contributed by atoms with E-state index in [-0.39, 0.29) is 5.91 Å². The van der Waals surface area contributed by atoms with E-state index < -0.39 is 10.0 Å². The monoisotopic (exact) mass is 423 g/mol. The molecule has 132 valence electrons. The van der Waals surface area contributed by atoms with E-state index in [2.05, 4.69) is 20.9 Å². The zero-order valence-electron chi connectivity index (χ0n) is 13.9. The molecule has 25 heavy (non-hydrogen) atoms. The summed E-state index contributed by atoms with van der Waals surface area (Å²) < 4.78 is 25.9. The topological polar surface area (TPSA) is 70.6 Å². The van der Waals surface area contributed by atoms with Gasteiger partial charge in [-0.05, 0) is 65.2 Å². The molecule has 0 saturated heterocycles. The maximum Gasteiger partial charge on any atom is 0.259 e. The van der Waals surface area contributed by atoms with Gasteiger partial charge in [0, 0.05) is 29.3 Å². The van der Waals surface area contributed by atoms with Crippen LogP contribution in [0.25, 0.3) is 0 Å². The molecule has 0 saturated carbocycles. The lowest BCUT2D eigenvalue weighted by Crippen LogP contribution is -2.31. The van der Waals surface area contributed by atoms with Crippen molar-refractivity contribution in [2.45, 2.75) is 13.3 Å². The van der Waals surface area contributed by atoms with Crippen LogP contribution in [0, 0.1) is 0 Å². The van der Waals surface area contributed by atoms with E-state index in [1.807, 2.05) is 13.0 Å². The second kappa shape index (κ2) is 6.76. The van der Waals surface area contributed by atoms with Crippen molar-refractivity contribution in [3.05, 3.63) is 52.1 Å². The highest BCUT2D eigenvalue weighted by Gasteiger charge is 2.27. The second-order valence-corrected chi connectivity index (χ2v) is 8.64. The number of amides is 1. The molecular formula is C17H18BrN3O3S. The lowest BCUT2D eigenvalue weighted by molar-refractivity contribution is 0.0987. The Morgan fingerprint density at radius 2 is 2.08 bits per heavy atom. The summed E-state index contributed by atoms with van der Waals surface area (Å²) in [6.07, 6.45) is 3.45. The van der Waals surface area contributed by atoms with Crippen molar-refractivity contribution in [3.63, 3.8) is 0 Å². The number of fused-ring (bicyclic) bond motifs is 1. The minimum Gasteiger partial charge on any atom is -0.293 e. The number of rotatable bonds is 4. The van der Waals surface area contributed by atoms with Crippen molar-refractivity contribution in [3.8, 4) is 0 Å². The van der Waals surface area contributed by atoms with Crippen LogP contribution >= 0.6 is 15.9 Å².